The second-order valence-corrected chi connectivity index (χ2v) is 8.78. The van der Waals surface area contributed by atoms with Gasteiger partial charge in [0.1, 0.15) is 11.3 Å². The number of nitrogens with zero attached hydrogens (tertiary/aromatic N) is 1. The van der Waals surface area contributed by atoms with Gasteiger partial charge in [-0.3, -0.25) is 9.52 Å². The van der Waals surface area contributed by atoms with Crippen molar-refractivity contribution in [2.24, 2.45) is 0 Å². The smallest absolute Gasteiger partial charge is 0.262 e. The molecule has 0 spiro atoms. The molecular formula is C17H16ClN3O4S2. The van der Waals surface area contributed by atoms with Crippen molar-refractivity contribution >= 4 is 59.9 Å². The number of benzene rings is 2. The molecule has 0 aliphatic rings. The predicted octanol–water partition coefficient (Wildman–Crippen LogP) is 4.03. The van der Waals surface area contributed by atoms with Gasteiger partial charge in [0.2, 0.25) is 5.91 Å². The lowest BCUT2D eigenvalue weighted by molar-refractivity contribution is -0.114. The van der Waals surface area contributed by atoms with E-state index in [2.05, 4.69) is 15.0 Å². The van der Waals surface area contributed by atoms with E-state index in [1.54, 1.807) is 25.1 Å². The number of anilines is 2. The first kappa shape index (κ1) is 19.4. The number of aromatic nitrogens is 1. The van der Waals surface area contributed by atoms with Crippen molar-refractivity contribution in [2.75, 3.05) is 17.1 Å². The van der Waals surface area contributed by atoms with Gasteiger partial charge in [-0.2, -0.15) is 0 Å². The van der Waals surface area contributed by atoms with Gasteiger partial charge in [-0.1, -0.05) is 29.0 Å². The first-order valence-electron chi connectivity index (χ1n) is 7.75. The molecule has 0 aliphatic heterocycles. The molecule has 1 aromatic heterocycles. The summed E-state index contributed by atoms with van der Waals surface area (Å²) in [6.07, 6.45) is 0. The third kappa shape index (κ3) is 4.00. The van der Waals surface area contributed by atoms with Gasteiger partial charge in [0.05, 0.1) is 22.4 Å². The monoisotopic (exact) mass is 425 g/mol. The van der Waals surface area contributed by atoms with Crippen molar-refractivity contribution in [2.45, 2.75) is 18.7 Å². The lowest BCUT2D eigenvalue weighted by atomic mass is 10.2. The number of fused-ring (bicyclic) bond motifs is 1. The van der Waals surface area contributed by atoms with Gasteiger partial charge in [-0.25, -0.2) is 13.4 Å². The molecule has 1 amide bonds. The fourth-order valence-electron chi connectivity index (χ4n) is 2.51. The first-order valence-corrected chi connectivity index (χ1v) is 10.4. The van der Waals surface area contributed by atoms with Gasteiger partial charge in [-0.05, 0) is 30.7 Å². The SMILES string of the molecule is COc1cc(NS(=O)(=O)c2cccc(Cl)c2C)cc2sc(NC(C)=O)nc12. The molecule has 2 aromatic carbocycles. The number of hydrogen-bond donors (Lipinski definition) is 2. The molecule has 10 heteroatoms. The van der Waals surface area contributed by atoms with Crippen LogP contribution in [0, 0.1) is 6.92 Å². The molecule has 3 aromatic rings. The van der Waals surface area contributed by atoms with Crippen LogP contribution >= 0.6 is 22.9 Å². The van der Waals surface area contributed by atoms with Crippen molar-refractivity contribution in [3.05, 3.63) is 40.9 Å². The Balaban J connectivity index is 2.03. The summed E-state index contributed by atoms with van der Waals surface area (Å²) in [4.78, 5) is 15.6. The highest BCUT2D eigenvalue weighted by Crippen LogP contribution is 2.36. The van der Waals surface area contributed by atoms with E-state index in [-0.39, 0.29) is 10.8 Å². The lowest BCUT2D eigenvalue weighted by Crippen LogP contribution is -2.14. The van der Waals surface area contributed by atoms with Gasteiger partial charge in [0.25, 0.3) is 10.0 Å². The Morgan fingerprint density at radius 2 is 2.04 bits per heavy atom. The van der Waals surface area contributed by atoms with Crippen LogP contribution in [-0.2, 0) is 14.8 Å². The molecule has 1 heterocycles. The molecule has 142 valence electrons. The fourth-order valence-corrected chi connectivity index (χ4v) is 5.01. The zero-order valence-electron chi connectivity index (χ0n) is 14.7. The summed E-state index contributed by atoms with van der Waals surface area (Å²) in [7, 11) is -2.38. The summed E-state index contributed by atoms with van der Waals surface area (Å²) >= 11 is 7.26. The zero-order valence-corrected chi connectivity index (χ0v) is 17.1. The molecule has 0 saturated heterocycles. The van der Waals surface area contributed by atoms with Crippen LogP contribution in [0.3, 0.4) is 0 Å². The molecule has 2 N–H and O–H groups in total. The van der Waals surface area contributed by atoms with Crippen LogP contribution in [0.4, 0.5) is 10.8 Å². The van der Waals surface area contributed by atoms with Gasteiger partial charge >= 0.3 is 0 Å². The molecule has 7 nitrogen and oxygen atoms in total. The third-order valence-corrected chi connectivity index (χ3v) is 6.58. The molecule has 27 heavy (non-hydrogen) atoms. The van der Waals surface area contributed by atoms with Crippen molar-refractivity contribution < 1.29 is 17.9 Å². The number of thiazole rings is 1. The summed E-state index contributed by atoms with van der Waals surface area (Å²) in [5.74, 6) is 0.145. The number of sulfonamides is 1. The Morgan fingerprint density at radius 3 is 2.70 bits per heavy atom. The Labute approximate surface area is 165 Å². The van der Waals surface area contributed by atoms with E-state index in [0.29, 0.717) is 37.4 Å². The minimum absolute atomic E-state index is 0.0947. The van der Waals surface area contributed by atoms with E-state index >= 15 is 0 Å². The van der Waals surface area contributed by atoms with Crippen molar-refractivity contribution in [3.63, 3.8) is 0 Å². The third-order valence-electron chi connectivity index (χ3n) is 3.72. The Hall–Kier alpha value is -2.36. The molecule has 0 fully saturated rings. The van der Waals surface area contributed by atoms with Crippen molar-refractivity contribution in [1.29, 1.82) is 0 Å². The number of carbonyl (C=O) groups is 1. The number of methoxy groups -OCH3 is 1. The normalized spacial score (nSPS) is 11.4. The lowest BCUT2D eigenvalue weighted by Gasteiger charge is -2.12. The van der Waals surface area contributed by atoms with Gasteiger partial charge in [0.15, 0.2) is 5.13 Å². The number of nitrogens with one attached hydrogen (secondary N) is 2. The minimum atomic E-state index is -3.85. The Bertz CT molecular complexity index is 1140. The quantitative estimate of drug-likeness (QED) is 0.643. The molecule has 3 rings (SSSR count). The zero-order chi connectivity index (χ0) is 19.8. The predicted molar refractivity (Wildman–Crippen MR) is 107 cm³/mol. The summed E-state index contributed by atoms with van der Waals surface area (Å²) in [6, 6.07) is 7.87. The maximum atomic E-state index is 12.8. The molecular weight excluding hydrogens is 410 g/mol. The second kappa shape index (κ2) is 7.34. The standard InChI is InChI=1S/C17H16ClN3O4S2/c1-9-12(18)5-4-6-15(9)27(23,24)21-11-7-13(25-3)16-14(8-11)26-17(20-16)19-10(2)22/h4-8,21H,1-3H3,(H,19,20,22). The van der Waals surface area contributed by atoms with Crippen LogP contribution in [0.1, 0.15) is 12.5 Å². The number of amides is 1. The van der Waals surface area contributed by atoms with Gasteiger partial charge in [0, 0.05) is 18.0 Å². The molecule has 0 bridgehead atoms. The average molecular weight is 426 g/mol. The maximum Gasteiger partial charge on any atom is 0.262 e. The van der Waals surface area contributed by atoms with E-state index in [1.165, 1.54) is 37.5 Å². The van der Waals surface area contributed by atoms with Crippen molar-refractivity contribution in [1.82, 2.24) is 4.98 Å². The highest BCUT2D eigenvalue weighted by atomic mass is 35.5. The Kier molecular flexibility index (Phi) is 5.27. The van der Waals surface area contributed by atoms with E-state index in [0.717, 1.165) is 0 Å². The highest BCUT2D eigenvalue weighted by molar-refractivity contribution is 7.92. The average Bonchev–Trinajstić information content (AvgIpc) is 2.97. The molecule has 0 aliphatic carbocycles. The van der Waals surface area contributed by atoms with E-state index in [4.69, 9.17) is 16.3 Å². The van der Waals surface area contributed by atoms with E-state index < -0.39 is 10.0 Å². The summed E-state index contributed by atoms with van der Waals surface area (Å²) in [6.45, 7) is 3.03. The maximum absolute atomic E-state index is 12.8. The number of carbonyl (C=O) groups excluding carboxylic acids is 1. The van der Waals surface area contributed by atoms with Crippen LogP contribution < -0.4 is 14.8 Å². The fraction of sp³-hybridized carbons (Fsp3) is 0.176. The Morgan fingerprint density at radius 1 is 1.30 bits per heavy atom. The number of hydrogen-bond acceptors (Lipinski definition) is 6. The highest BCUT2D eigenvalue weighted by Gasteiger charge is 2.20. The van der Waals surface area contributed by atoms with Crippen LogP contribution in [0.2, 0.25) is 5.02 Å². The molecule has 0 saturated carbocycles. The van der Waals surface area contributed by atoms with E-state index in [1.807, 2.05) is 0 Å². The topological polar surface area (TPSA) is 97.4 Å². The van der Waals surface area contributed by atoms with Gasteiger partial charge < -0.3 is 10.1 Å². The van der Waals surface area contributed by atoms with Crippen LogP contribution in [0.15, 0.2) is 35.2 Å². The van der Waals surface area contributed by atoms with Gasteiger partial charge in [-0.15, -0.1) is 0 Å². The first-order chi connectivity index (χ1) is 12.7. The van der Waals surface area contributed by atoms with Crippen LogP contribution in [0.25, 0.3) is 10.2 Å². The van der Waals surface area contributed by atoms with Crippen molar-refractivity contribution in [3.8, 4) is 5.75 Å². The summed E-state index contributed by atoms with van der Waals surface area (Å²) < 4.78 is 34.1. The number of halogens is 1. The van der Waals surface area contributed by atoms with Crippen LogP contribution in [-0.4, -0.2) is 26.4 Å². The molecule has 0 unspecified atom stereocenters. The largest absolute Gasteiger partial charge is 0.494 e. The second-order valence-electron chi connectivity index (χ2n) is 5.69. The molecule has 0 radical (unpaired) electrons. The molecule has 0 atom stereocenters. The summed E-state index contributed by atoms with van der Waals surface area (Å²) in [5, 5.41) is 3.39. The number of rotatable bonds is 5. The number of ether oxygens (including phenoxy) is 1. The van der Waals surface area contributed by atoms with E-state index in [9.17, 15) is 13.2 Å². The van der Waals surface area contributed by atoms with Crippen LogP contribution in [0.5, 0.6) is 5.75 Å². The minimum Gasteiger partial charge on any atom is -0.494 e. The summed E-state index contributed by atoms with van der Waals surface area (Å²) in [5.41, 5.74) is 1.32.